The van der Waals surface area contributed by atoms with Gasteiger partial charge in [0.05, 0.1) is 18.4 Å². The molecule has 0 spiro atoms. The average Bonchev–Trinajstić information content (AvgIpc) is 3.19. The molecule has 0 saturated carbocycles. The molecule has 0 atom stereocenters. The summed E-state index contributed by atoms with van der Waals surface area (Å²) in [7, 11) is 0. The van der Waals surface area contributed by atoms with Crippen LogP contribution in [0.3, 0.4) is 0 Å². The second-order valence-corrected chi connectivity index (χ2v) is 7.41. The fourth-order valence-corrected chi connectivity index (χ4v) is 3.71. The van der Waals surface area contributed by atoms with E-state index in [9.17, 15) is 14.7 Å². The zero-order valence-corrected chi connectivity index (χ0v) is 15.6. The van der Waals surface area contributed by atoms with Crippen molar-refractivity contribution in [3.05, 3.63) is 64.9 Å². The van der Waals surface area contributed by atoms with Crippen molar-refractivity contribution in [2.45, 2.75) is 37.8 Å². The fourth-order valence-electron chi connectivity index (χ4n) is 3.71. The Kier molecular flexibility index (Phi) is 5.00. The minimum Gasteiger partial charge on any atom is -0.446 e. The molecule has 1 N–H and O–H groups in total. The number of rotatable bonds is 5. The Bertz CT molecular complexity index is 1020. The molecule has 28 heavy (non-hydrogen) atoms. The third kappa shape index (κ3) is 3.84. The topological polar surface area (TPSA) is 88.6 Å². The highest BCUT2D eigenvalue weighted by Crippen LogP contribution is 2.24. The molecule has 0 aliphatic carbocycles. The van der Waals surface area contributed by atoms with E-state index in [-0.39, 0.29) is 18.0 Å². The molecule has 0 radical (unpaired) electrons. The number of piperidine rings is 1. The molecule has 7 heteroatoms. The maximum Gasteiger partial charge on any atom is 0.264 e. The molecule has 7 nitrogen and oxygen atoms in total. The second-order valence-electron chi connectivity index (χ2n) is 7.41. The maximum absolute atomic E-state index is 12.5. The average molecular weight is 381 g/mol. The Labute approximate surface area is 162 Å². The van der Waals surface area contributed by atoms with Crippen molar-refractivity contribution >= 4 is 17.0 Å². The maximum atomic E-state index is 12.5. The summed E-state index contributed by atoms with van der Waals surface area (Å²) < 4.78 is 6.55. The first-order chi connectivity index (χ1) is 13.5. The van der Waals surface area contributed by atoms with Gasteiger partial charge in [-0.2, -0.15) is 0 Å². The van der Waals surface area contributed by atoms with Crippen LogP contribution in [0.25, 0.3) is 11.1 Å². The number of fused-ring (bicyclic) bond motifs is 1. The van der Waals surface area contributed by atoms with Crippen LogP contribution in [0, 0.1) is 0 Å². The van der Waals surface area contributed by atoms with Crippen LogP contribution in [0.15, 0.2) is 58.2 Å². The first kappa shape index (κ1) is 18.4. The van der Waals surface area contributed by atoms with Gasteiger partial charge in [0.25, 0.3) is 5.56 Å². The molecule has 1 aliphatic heterocycles. The molecule has 1 fully saturated rings. The van der Waals surface area contributed by atoms with Crippen molar-refractivity contribution in [1.29, 1.82) is 0 Å². The first-order valence-electron chi connectivity index (χ1n) is 9.51. The number of amides is 1. The number of hydrogen-bond acceptors (Lipinski definition) is 5. The first-order valence-corrected chi connectivity index (χ1v) is 9.51. The van der Waals surface area contributed by atoms with Gasteiger partial charge in [-0.15, -0.1) is 0 Å². The summed E-state index contributed by atoms with van der Waals surface area (Å²) >= 11 is 0. The SMILES string of the molecule is O=C(CCc1ccccc1)N1CCC(O)(Cn2cnc3occc3c2=O)CC1. The van der Waals surface area contributed by atoms with E-state index in [2.05, 4.69) is 4.98 Å². The van der Waals surface area contributed by atoms with E-state index < -0.39 is 5.60 Å². The summed E-state index contributed by atoms with van der Waals surface area (Å²) in [5.74, 6) is 0.101. The van der Waals surface area contributed by atoms with Gasteiger partial charge >= 0.3 is 0 Å². The zero-order valence-electron chi connectivity index (χ0n) is 15.6. The summed E-state index contributed by atoms with van der Waals surface area (Å²) in [4.78, 5) is 30.9. The van der Waals surface area contributed by atoms with E-state index in [0.717, 1.165) is 5.56 Å². The minimum absolute atomic E-state index is 0.101. The largest absolute Gasteiger partial charge is 0.446 e. The number of benzene rings is 1. The Hall–Kier alpha value is -2.93. The number of nitrogens with zero attached hydrogens (tertiary/aromatic N) is 3. The number of aryl methyl sites for hydroxylation is 1. The van der Waals surface area contributed by atoms with Gasteiger partial charge < -0.3 is 14.4 Å². The van der Waals surface area contributed by atoms with Crippen LogP contribution in [0.5, 0.6) is 0 Å². The Morgan fingerprint density at radius 1 is 1.18 bits per heavy atom. The lowest BCUT2D eigenvalue weighted by atomic mass is 9.91. The van der Waals surface area contributed by atoms with Gasteiger partial charge in [-0.25, -0.2) is 4.98 Å². The van der Waals surface area contributed by atoms with E-state index >= 15 is 0 Å². The Morgan fingerprint density at radius 2 is 1.93 bits per heavy atom. The van der Waals surface area contributed by atoms with Gasteiger partial charge in [-0.1, -0.05) is 30.3 Å². The summed E-state index contributed by atoms with van der Waals surface area (Å²) in [6, 6.07) is 11.5. The van der Waals surface area contributed by atoms with E-state index in [0.29, 0.717) is 49.9 Å². The van der Waals surface area contributed by atoms with Crippen LogP contribution in [-0.4, -0.2) is 44.2 Å². The van der Waals surface area contributed by atoms with Gasteiger partial charge in [0, 0.05) is 19.5 Å². The van der Waals surface area contributed by atoms with Crippen LogP contribution >= 0.6 is 0 Å². The lowest BCUT2D eigenvalue weighted by Gasteiger charge is -2.38. The van der Waals surface area contributed by atoms with Gasteiger partial charge in [0.1, 0.15) is 11.7 Å². The zero-order chi connectivity index (χ0) is 19.6. The smallest absolute Gasteiger partial charge is 0.264 e. The van der Waals surface area contributed by atoms with Crippen LogP contribution in [0.2, 0.25) is 0 Å². The molecule has 1 aliphatic rings. The van der Waals surface area contributed by atoms with E-state index in [1.54, 1.807) is 11.0 Å². The molecule has 2 aromatic heterocycles. The van der Waals surface area contributed by atoms with Crippen molar-refractivity contribution in [3.63, 3.8) is 0 Å². The Morgan fingerprint density at radius 3 is 2.68 bits per heavy atom. The predicted molar refractivity (Wildman–Crippen MR) is 104 cm³/mol. The third-order valence-corrected chi connectivity index (χ3v) is 5.43. The van der Waals surface area contributed by atoms with Crippen molar-refractivity contribution in [2.24, 2.45) is 0 Å². The van der Waals surface area contributed by atoms with E-state index in [1.807, 2.05) is 30.3 Å². The molecule has 0 bridgehead atoms. The lowest BCUT2D eigenvalue weighted by molar-refractivity contribution is -0.135. The van der Waals surface area contributed by atoms with Gasteiger partial charge in [-0.3, -0.25) is 14.2 Å². The van der Waals surface area contributed by atoms with Crippen molar-refractivity contribution in [2.75, 3.05) is 13.1 Å². The van der Waals surface area contributed by atoms with Gasteiger partial charge in [0.2, 0.25) is 11.6 Å². The number of aliphatic hydroxyl groups is 1. The third-order valence-electron chi connectivity index (χ3n) is 5.43. The fraction of sp³-hybridized carbons (Fsp3) is 0.381. The molecular formula is C21H23N3O4. The van der Waals surface area contributed by atoms with Crippen LogP contribution < -0.4 is 5.56 Å². The quantitative estimate of drug-likeness (QED) is 0.730. The lowest BCUT2D eigenvalue weighted by Crippen LogP contribution is -2.49. The predicted octanol–water partition coefficient (Wildman–Crippen LogP) is 1.98. The summed E-state index contributed by atoms with van der Waals surface area (Å²) in [5.41, 5.74) is 0.186. The normalized spacial score (nSPS) is 16.4. The summed E-state index contributed by atoms with van der Waals surface area (Å²) in [6.45, 7) is 1.13. The number of hydrogen-bond donors (Lipinski definition) is 1. The van der Waals surface area contributed by atoms with Crippen LogP contribution in [0.4, 0.5) is 0 Å². The van der Waals surface area contributed by atoms with Crippen LogP contribution in [-0.2, 0) is 17.8 Å². The molecule has 146 valence electrons. The van der Waals surface area contributed by atoms with Gasteiger partial charge in [-0.05, 0) is 30.9 Å². The molecule has 3 heterocycles. The number of likely N-dealkylation sites (tertiary alicyclic amines) is 1. The van der Waals surface area contributed by atoms with E-state index in [4.69, 9.17) is 4.42 Å². The van der Waals surface area contributed by atoms with Gasteiger partial charge in [0.15, 0.2) is 0 Å². The Balaban J connectivity index is 1.35. The minimum atomic E-state index is -1.03. The monoisotopic (exact) mass is 381 g/mol. The second kappa shape index (κ2) is 7.59. The molecular weight excluding hydrogens is 358 g/mol. The number of carbonyl (C=O) groups is 1. The molecule has 1 aromatic carbocycles. The number of furan rings is 1. The number of aromatic nitrogens is 2. The summed E-state index contributed by atoms with van der Waals surface area (Å²) in [5, 5.41) is 11.3. The van der Waals surface area contributed by atoms with Crippen LogP contribution in [0.1, 0.15) is 24.8 Å². The molecule has 1 amide bonds. The molecule has 1 saturated heterocycles. The molecule has 0 unspecified atom stereocenters. The molecule has 3 aromatic rings. The highest BCUT2D eigenvalue weighted by atomic mass is 16.3. The standard InChI is InChI=1S/C21H23N3O4/c25-18(7-6-16-4-2-1-3-5-16)23-11-9-21(27,10-12-23)14-24-15-22-19-17(20(24)26)8-13-28-19/h1-5,8,13,15,27H,6-7,9-12,14H2. The highest BCUT2D eigenvalue weighted by molar-refractivity contribution is 5.76. The highest BCUT2D eigenvalue weighted by Gasteiger charge is 2.34. The molecule has 4 rings (SSSR count). The van der Waals surface area contributed by atoms with Crippen molar-refractivity contribution < 1.29 is 14.3 Å². The summed E-state index contributed by atoms with van der Waals surface area (Å²) in [6.07, 6.45) is 4.87. The van der Waals surface area contributed by atoms with E-state index in [1.165, 1.54) is 17.2 Å². The number of carbonyl (C=O) groups excluding carboxylic acids is 1. The van der Waals surface area contributed by atoms with Crippen molar-refractivity contribution in [1.82, 2.24) is 14.5 Å². The van der Waals surface area contributed by atoms with Crippen molar-refractivity contribution in [3.8, 4) is 0 Å².